The van der Waals surface area contributed by atoms with Crippen molar-refractivity contribution in [3.63, 3.8) is 0 Å². The Hall–Kier alpha value is -1.40. The number of aromatic nitrogens is 1. The lowest BCUT2D eigenvalue weighted by Gasteiger charge is -2.22. The van der Waals surface area contributed by atoms with Crippen LogP contribution in [0, 0.1) is 17.2 Å². The molecule has 0 amide bonds. The van der Waals surface area contributed by atoms with Crippen molar-refractivity contribution in [2.45, 2.75) is 33.2 Å². The van der Waals surface area contributed by atoms with E-state index in [0.29, 0.717) is 12.3 Å². The second kappa shape index (κ2) is 7.81. The molecular weight excluding hydrogens is 210 g/mol. The quantitative estimate of drug-likeness (QED) is 0.724. The molecule has 0 aromatic carbocycles. The Morgan fingerprint density at radius 3 is 2.82 bits per heavy atom. The highest BCUT2D eigenvalue weighted by atomic mass is 15.1. The monoisotopic (exact) mass is 231 g/mol. The first-order valence-corrected chi connectivity index (χ1v) is 6.20. The van der Waals surface area contributed by atoms with Gasteiger partial charge in [-0.05, 0) is 30.5 Å². The maximum Gasteiger partial charge on any atom is 0.0635 e. The Kier molecular flexibility index (Phi) is 6.27. The molecule has 1 aromatic rings. The molecule has 1 aromatic heterocycles. The standard InChI is InChI=1S/C14H21N3/c1-13(2)6-10-17(9-4-7-15)12-14-5-3-8-16-11-14/h3,5,8,11,13H,4,6,9-10,12H2,1-2H3. The van der Waals surface area contributed by atoms with Gasteiger partial charge < -0.3 is 0 Å². The van der Waals surface area contributed by atoms with Gasteiger partial charge in [-0.3, -0.25) is 9.88 Å². The minimum atomic E-state index is 0.596. The van der Waals surface area contributed by atoms with E-state index in [-0.39, 0.29) is 0 Å². The van der Waals surface area contributed by atoms with E-state index < -0.39 is 0 Å². The van der Waals surface area contributed by atoms with Gasteiger partial charge in [-0.2, -0.15) is 5.26 Å². The van der Waals surface area contributed by atoms with Crippen molar-refractivity contribution in [1.29, 1.82) is 5.26 Å². The van der Waals surface area contributed by atoms with Crippen LogP contribution in [-0.2, 0) is 6.54 Å². The van der Waals surface area contributed by atoms with Crippen LogP contribution in [0.15, 0.2) is 24.5 Å². The summed E-state index contributed by atoms with van der Waals surface area (Å²) < 4.78 is 0. The fourth-order valence-corrected chi connectivity index (χ4v) is 1.67. The smallest absolute Gasteiger partial charge is 0.0635 e. The molecule has 0 bridgehead atoms. The molecule has 0 saturated heterocycles. The van der Waals surface area contributed by atoms with Crippen LogP contribution in [0.5, 0.6) is 0 Å². The Morgan fingerprint density at radius 1 is 1.41 bits per heavy atom. The van der Waals surface area contributed by atoms with Crippen LogP contribution in [0.25, 0.3) is 0 Å². The molecule has 0 atom stereocenters. The molecule has 0 unspecified atom stereocenters. The highest BCUT2D eigenvalue weighted by Gasteiger charge is 2.06. The van der Waals surface area contributed by atoms with Gasteiger partial charge in [0, 0.05) is 31.9 Å². The second-order valence-electron chi connectivity index (χ2n) is 4.73. The summed E-state index contributed by atoms with van der Waals surface area (Å²) in [5.74, 6) is 0.702. The maximum atomic E-state index is 8.67. The van der Waals surface area contributed by atoms with Crippen molar-refractivity contribution in [1.82, 2.24) is 9.88 Å². The third kappa shape index (κ3) is 6.03. The van der Waals surface area contributed by atoms with Gasteiger partial charge >= 0.3 is 0 Å². The summed E-state index contributed by atoms with van der Waals surface area (Å²) in [6.07, 6.45) is 5.45. The lowest BCUT2D eigenvalue weighted by molar-refractivity contribution is 0.254. The molecule has 17 heavy (non-hydrogen) atoms. The number of rotatable bonds is 7. The van der Waals surface area contributed by atoms with E-state index in [1.54, 1.807) is 6.20 Å². The highest BCUT2D eigenvalue weighted by Crippen LogP contribution is 2.07. The normalized spacial score (nSPS) is 10.8. The number of hydrogen-bond acceptors (Lipinski definition) is 3. The first kappa shape index (κ1) is 13.7. The average molecular weight is 231 g/mol. The van der Waals surface area contributed by atoms with Crippen molar-refractivity contribution in [3.05, 3.63) is 30.1 Å². The van der Waals surface area contributed by atoms with Crippen LogP contribution in [-0.4, -0.2) is 23.0 Å². The van der Waals surface area contributed by atoms with Crippen molar-refractivity contribution >= 4 is 0 Å². The van der Waals surface area contributed by atoms with Gasteiger partial charge in [0.1, 0.15) is 0 Å². The number of pyridine rings is 1. The van der Waals surface area contributed by atoms with Gasteiger partial charge in [0.2, 0.25) is 0 Å². The highest BCUT2D eigenvalue weighted by molar-refractivity contribution is 5.08. The van der Waals surface area contributed by atoms with E-state index >= 15 is 0 Å². The molecule has 0 aliphatic heterocycles. The topological polar surface area (TPSA) is 39.9 Å². The second-order valence-corrected chi connectivity index (χ2v) is 4.73. The van der Waals surface area contributed by atoms with Crippen LogP contribution < -0.4 is 0 Å². The zero-order valence-corrected chi connectivity index (χ0v) is 10.8. The van der Waals surface area contributed by atoms with E-state index in [1.807, 2.05) is 12.3 Å². The molecule has 0 fully saturated rings. The average Bonchev–Trinajstić information content (AvgIpc) is 2.34. The van der Waals surface area contributed by atoms with Crippen LogP contribution >= 0.6 is 0 Å². The molecule has 3 heteroatoms. The molecule has 0 aliphatic rings. The number of nitriles is 1. The van der Waals surface area contributed by atoms with Crippen molar-refractivity contribution < 1.29 is 0 Å². The SMILES string of the molecule is CC(C)CCN(CCC#N)Cc1cccnc1. The van der Waals surface area contributed by atoms with Gasteiger partial charge in [0.25, 0.3) is 0 Å². The zero-order valence-electron chi connectivity index (χ0n) is 10.8. The minimum absolute atomic E-state index is 0.596. The lowest BCUT2D eigenvalue weighted by Crippen LogP contribution is -2.26. The van der Waals surface area contributed by atoms with Crippen LogP contribution in [0.3, 0.4) is 0 Å². The molecular formula is C14H21N3. The van der Waals surface area contributed by atoms with Crippen LogP contribution in [0.4, 0.5) is 0 Å². The predicted molar refractivity (Wildman–Crippen MR) is 69.2 cm³/mol. The molecule has 1 rings (SSSR count). The van der Waals surface area contributed by atoms with E-state index in [2.05, 4.69) is 35.9 Å². The summed E-state index contributed by atoms with van der Waals surface area (Å²) in [4.78, 5) is 6.46. The maximum absolute atomic E-state index is 8.67. The fourth-order valence-electron chi connectivity index (χ4n) is 1.67. The summed E-state index contributed by atoms with van der Waals surface area (Å²) in [6.45, 7) is 7.24. The van der Waals surface area contributed by atoms with E-state index in [4.69, 9.17) is 5.26 Å². The Bertz CT molecular complexity index is 340. The van der Waals surface area contributed by atoms with Crippen molar-refractivity contribution in [2.24, 2.45) is 5.92 Å². The van der Waals surface area contributed by atoms with E-state index in [0.717, 1.165) is 19.6 Å². The summed E-state index contributed by atoms with van der Waals surface area (Å²) >= 11 is 0. The summed E-state index contributed by atoms with van der Waals surface area (Å²) in [6, 6.07) is 6.26. The third-order valence-electron chi connectivity index (χ3n) is 2.69. The van der Waals surface area contributed by atoms with Crippen molar-refractivity contribution in [3.8, 4) is 6.07 Å². The Balaban J connectivity index is 2.48. The van der Waals surface area contributed by atoms with Gasteiger partial charge in [0.15, 0.2) is 0 Å². The Morgan fingerprint density at radius 2 is 2.24 bits per heavy atom. The molecule has 0 saturated carbocycles. The molecule has 0 radical (unpaired) electrons. The van der Waals surface area contributed by atoms with Crippen LogP contribution in [0.2, 0.25) is 0 Å². The first-order valence-electron chi connectivity index (χ1n) is 6.20. The van der Waals surface area contributed by atoms with Crippen molar-refractivity contribution in [2.75, 3.05) is 13.1 Å². The molecule has 1 heterocycles. The van der Waals surface area contributed by atoms with Gasteiger partial charge in [-0.15, -0.1) is 0 Å². The van der Waals surface area contributed by atoms with E-state index in [1.165, 1.54) is 12.0 Å². The number of nitrogens with zero attached hydrogens (tertiary/aromatic N) is 3. The summed E-state index contributed by atoms with van der Waals surface area (Å²) in [7, 11) is 0. The summed E-state index contributed by atoms with van der Waals surface area (Å²) in [5.41, 5.74) is 1.22. The first-order chi connectivity index (χ1) is 8.22. The minimum Gasteiger partial charge on any atom is -0.298 e. The van der Waals surface area contributed by atoms with Gasteiger partial charge in [0.05, 0.1) is 6.07 Å². The fraction of sp³-hybridized carbons (Fsp3) is 0.571. The van der Waals surface area contributed by atoms with Gasteiger partial charge in [-0.1, -0.05) is 19.9 Å². The summed E-state index contributed by atoms with van der Waals surface area (Å²) in [5, 5.41) is 8.67. The Labute approximate surface area is 104 Å². The number of hydrogen-bond donors (Lipinski definition) is 0. The van der Waals surface area contributed by atoms with Gasteiger partial charge in [-0.25, -0.2) is 0 Å². The predicted octanol–water partition coefficient (Wildman–Crippen LogP) is 2.84. The lowest BCUT2D eigenvalue weighted by atomic mass is 10.1. The molecule has 0 N–H and O–H groups in total. The molecule has 0 spiro atoms. The third-order valence-corrected chi connectivity index (χ3v) is 2.69. The largest absolute Gasteiger partial charge is 0.298 e. The van der Waals surface area contributed by atoms with Crippen LogP contribution in [0.1, 0.15) is 32.3 Å². The molecule has 92 valence electrons. The van der Waals surface area contributed by atoms with E-state index in [9.17, 15) is 0 Å². The molecule has 0 aliphatic carbocycles. The molecule has 3 nitrogen and oxygen atoms in total. The zero-order chi connectivity index (χ0) is 12.5.